The SMILES string of the molecule is N=C(C=C(N)c1cccc(-c2ccccc2)c1)c1ccccc1. The van der Waals surface area contributed by atoms with Crippen LogP contribution in [0, 0.1) is 5.41 Å². The van der Waals surface area contributed by atoms with Crippen LogP contribution in [0.15, 0.2) is 91.0 Å². The zero-order valence-electron chi connectivity index (χ0n) is 12.7. The van der Waals surface area contributed by atoms with E-state index in [2.05, 4.69) is 24.3 Å². The first-order valence-electron chi connectivity index (χ1n) is 7.51. The Bertz CT molecular complexity index is 834. The molecule has 3 rings (SSSR count). The van der Waals surface area contributed by atoms with Crippen LogP contribution < -0.4 is 5.73 Å². The van der Waals surface area contributed by atoms with Gasteiger partial charge in [0.05, 0.1) is 5.71 Å². The van der Waals surface area contributed by atoms with Crippen molar-refractivity contribution < 1.29 is 0 Å². The van der Waals surface area contributed by atoms with E-state index in [0.717, 1.165) is 22.3 Å². The van der Waals surface area contributed by atoms with Crippen molar-refractivity contribution in [2.24, 2.45) is 5.73 Å². The van der Waals surface area contributed by atoms with Gasteiger partial charge in [-0.15, -0.1) is 0 Å². The van der Waals surface area contributed by atoms with Crippen molar-refractivity contribution in [3.8, 4) is 11.1 Å². The van der Waals surface area contributed by atoms with Gasteiger partial charge >= 0.3 is 0 Å². The topological polar surface area (TPSA) is 49.9 Å². The van der Waals surface area contributed by atoms with E-state index >= 15 is 0 Å². The highest BCUT2D eigenvalue weighted by Crippen LogP contribution is 2.22. The summed E-state index contributed by atoms with van der Waals surface area (Å²) in [6, 6.07) is 27.9. The van der Waals surface area contributed by atoms with Crippen molar-refractivity contribution in [2.45, 2.75) is 0 Å². The quantitative estimate of drug-likeness (QED) is 0.673. The first kappa shape index (κ1) is 14.8. The van der Waals surface area contributed by atoms with E-state index in [-0.39, 0.29) is 0 Å². The Morgan fingerprint density at radius 3 is 1.96 bits per heavy atom. The number of rotatable bonds is 4. The van der Waals surface area contributed by atoms with E-state index in [0.29, 0.717) is 11.4 Å². The van der Waals surface area contributed by atoms with Gasteiger partial charge in [-0.25, -0.2) is 0 Å². The van der Waals surface area contributed by atoms with Gasteiger partial charge in [-0.1, -0.05) is 78.9 Å². The molecule has 0 heterocycles. The fourth-order valence-electron chi connectivity index (χ4n) is 2.45. The Labute approximate surface area is 136 Å². The second kappa shape index (κ2) is 6.75. The molecular weight excluding hydrogens is 280 g/mol. The van der Waals surface area contributed by atoms with Gasteiger partial charge in [0.25, 0.3) is 0 Å². The molecule has 2 nitrogen and oxygen atoms in total. The normalized spacial score (nSPS) is 11.2. The molecule has 3 N–H and O–H groups in total. The minimum atomic E-state index is 0.410. The zero-order chi connectivity index (χ0) is 16.1. The van der Waals surface area contributed by atoms with Gasteiger partial charge in [0.2, 0.25) is 0 Å². The Hall–Kier alpha value is -3.13. The average Bonchev–Trinajstić information content (AvgIpc) is 2.63. The standard InChI is InChI=1S/C21H18N2/c22-20(17-10-5-2-6-11-17)15-21(23)19-13-7-12-18(14-19)16-8-3-1-4-9-16/h1-15,22H,23H2. The second-order valence-electron chi connectivity index (χ2n) is 5.33. The minimum Gasteiger partial charge on any atom is -0.398 e. The summed E-state index contributed by atoms with van der Waals surface area (Å²) in [5, 5.41) is 8.17. The molecular formula is C21H18N2. The third-order valence-electron chi connectivity index (χ3n) is 3.69. The van der Waals surface area contributed by atoms with Crippen LogP contribution in [0.4, 0.5) is 0 Å². The van der Waals surface area contributed by atoms with Crippen molar-refractivity contribution in [3.05, 3.63) is 102 Å². The highest BCUT2D eigenvalue weighted by atomic mass is 14.6. The molecule has 0 bridgehead atoms. The molecule has 0 aliphatic rings. The van der Waals surface area contributed by atoms with Crippen molar-refractivity contribution >= 4 is 11.4 Å². The highest BCUT2D eigenvalue weighted by molar-refractivity contribution is 6.10. The summed E-state index contributed by atoms with van der Waals surface area (Å²) in [7, 11) is 0. The van der Waals surface area contributed by atoms with Gasteiger partial charge in [0.15, 0.2) is 0 Å². The molecule has 3 aromatic carbocycles. The van der Waals surface area contributed by atoms with E-state index in [4.69, 9.17) is 11.1 Å². The fourth-order valence-corrected chi connectivity index (χ4v) is 2.45. The Balaban J connectivity index is 1.90. The predicted molar refractivity (Wildman–Crippen MR) is 97.3 cm³/mol. The maximum atomic E-state index is 8.17. The molecule has 0 radical (unpaired) electrons. The lowest BCUT2D eigenvalue weighted by Gasteiger charge is -2.07. The lowest BCUT2D eigenvalue weighted by molar-refractivity contribution is 1.47. The summed E-state index contributed by atoms with van der Waals surface area (Å²) < 4.78 is 0. The van der Waals surface area contributed by atoms with Crippen molar-refractivity contribution in [2.75, 3.05) is 0 Å². The van der Waals surface area contributed by atoms with Crippen LogP contribution in [0.5, 0.6) is 0 Å². The molecule has 2 heteroatoms. The van der Waals surface area contributed by atoms with Gasteiger partial charge in [-0.2, -0.15) is 0 Å². The van der Waals surface area contributed by atoms with Crippen LogP contribution in [0.3, 0.4) is 0 Å². The van der Waals surface area contributed by atoms with E-state index in [9.17, 15) is 0 Å². The summed E-state index contributed by atoms with van der Waals surface area (Å²) in [6.07, 6.45) is 1.71. The minimum absolute atomic E-state index is 0.410. The summed E-state index contributed by atoms with van der Waals surface area (Å²) in [5.41, 5.74) is 11.3. The molecule has 0 aliphatic carbocycles. The van der Waals surface area contributed by atoms with Crippen LogP contribution in [-0.4, -0.2) is 5.71 Å². The smallest absolute Gasteiger partial charge is 0.0632 e. The first-order valence-corrected chi connectivity index (χ1v) is 7.51. The lowest BCUT2D eigenvalue weighted by atomic mass is 10.0. The van der Waals surface area contributed by atoms with Crippen molar-refractivity contribution in [3.63, 3.8) is 0 Å². The van der Waals surface area contributed by atoms with Gasteiger partial charge in [-0.05, 0) is 34.4 Å². The molecule has 23 heavy (non-hydrogen) atoms. The summed E-state index contributed by atoms with van der Waals surface area (Å²) in [5.74, 6) is 0. The van der Waals surface area contributed by atoms with E-state index in [1.807, 2.05) is 60.7 Å². The van der Waals surface area contributed by atoms with E-state index in [1.165, 1.54) is 0 Å². The highest BCUT2D eigenvalue weighted by Gasteiger charge is 2.03. The number of nitrogens with one attached hydrogen (secondary N) is 1. The molecule has 0 atom stereocenters. The van der Waals surface area contributed by atoms with Gasteiger partial charge in [0, 0.05) is 5.70 Å². The molecule has 0 unspecified atom stereocenters. The summed E-state index contributed by atoms with van der Waals surface area (Å²) >= 11 is 0. The monoisotopic (exact) mass is 298 g/mol. The van der Waals surface area contributed by atoms with Crippen LogP contribution >= 0.6 is 0 Å². The number of allylic oxidation sites excluding steroid dienone is 1. The summed E-state index contributed by atoms with van der Waals surface area (Å²) in [4.78, 5) is 0. The third kappa shape index (κ3) is 3.55. The fraction of sp³-hybridized carbons (Fsp3) is 0. The molecule has 112 valence electrons. The van der Waals surface area contributed by atoms with Crippen molar-refractivity contribution in [1.29, 1.82) is 5.41 Å². The molecule has 0 amide bonds. The molecule has 0 spiro atoms. The van der Waals surface area contributed by atoms with Crippen molar-refractivity contribution in [1.82, 2.24) is 0 Å². The number of benzene rings is 3. The van der Waals surface area contributed by atoms with Gasteiger partial charge in [0.1, 0.15) is 0 Å². The molecule has 0 saturated carbocycles. The maximum Gasteiger partial charge on any atom is 0.0632 e. The largest absolute Gasteiger partial charge is 0.398 e. The van der Waals surface area contributed by atoms with Gasteiger partial charge < -0.3 is 11.1 Å². The van der Waals surface area contributed by atoms with Crippen LogP contribution in [-0.2, 0) is 0 Å². The van der Waals surface area contributed by atoms with Crippen LogP contribution in [0.2, 0.25) is 0 Å². The molecule has 0 saturated heterocycles. The van der Waals surface area contributed by atoms with Crippen LogP contribution in [0.1, 0.15) is 11.1 Å². The molecule has 0 fully saturated rings. The number of nitrogens with two attached hydrogens (primary N) is 1. The summed E-state index contributed by atoms with van der Waals surface area (Å²) in [6.45, 7) is 0. The van der Waals surface area contributed by atoms with Crippen LogP contribution in [0.25, 0.3) is 16.8 Å². The first-order chi connectivity index (χ1) is 11.2. The predicted octanol–water partition coefficient (Wildman–Crippen LogP) is 4.72. The number of hydrogen-bond acceptors (Lipinski definition) is 2. The number of hydrogen-bond donors (Lipinski definition) is 2. The van der Waals surface area contributed by atoms with E-state index < -0.39 is 0 Å². The Morgan fingerprint density at radius 2 is 1.26 bits per heavy atom. The average molecular weight is 298 g/mol. The van der Waals surface area contributed by atoms with Gasteiger partial charge in [-0.3, -0.25) is 0 Å². The second-order valence-corrected chi connectivity index (χ2v) is 5.33. The Kier molecular flexibility index (Phi) is 4.34. The third-order valence-corrected chi connectivity index (χ3v) is 3.69. The van der Waals surface area contributed by atoms with E-state index in [1.54, 1.807) is 6.08 Å². The lowest BCUT2D eigenvalue weighted by Crippen LogP contribution is -2.02. The molecule has 0 aromatic heterocycles. The molecule has 3 aromatic rings. The maximum absolute atomic E-state index is 8.17. The molecule has 0 aliphatic heterocycles. The zero-order valence-corrected chi connectivity index (χ0v) is 12.7. The Morgan fingerprint density at radius 1 is 0.696 bits per heavy atom.